The number of hydrogen-bond donors (Lipinski definition) is 3. The third kappa shape index (κ3) is 16.9. The molecular formula is C27H29F10N3O7. The quantitative estimate of drug-likeness (QED) is 0.380. The van der Waals surface area contributed by atoms with Crippen LogP contribution in [-0.4, -0.2) is 105 Å². The van der Waals surface area contributed by atoms with Crippen molar-refractivity contribution in [3.63, 3.8) is 0 Å². The van der Waals surface area contributed by atoms with Crippen molar-refractivity contribution in [2.45, 2.75) is 44.1 Å². The number of carbonyl (C=O) groups is 3. The summed E-state index contributed by atoms with van der Waals surface area (Å²) in [6.07, 6.45) is -10.0. The van der Waals surface area contributed by atoms with Crippen LogP contribution in [0.5, 0.6) is 0 Å². The van der Waals surface area contributed by atoms with Gasteiger partial charge in [-0.15, -0.1) is 0 Å². The van der Waals surface area contributed by atoms with Crippen LogP contribution in [0.1, 0.15) is 17.5 Å². The molecule has 2 fully saturated rings. The number of hydrogen-bond acceptors (Lipinski definition) is 7. The van der Waals surface area contributed by atoms with Gasteiger partial charge in [0.15, 0.2) is 0 Å². The second kappa shape index (κ2) is 18.3. The van der Waals surface area contributed by atoms with Gasteiger partial charge < -0.3 is 20.1 Å². The van der Waals surface area contributed by atoms with Crippen LogP contribution in [0.2, 0.25) is 0 Å². The van der Waals surface area contributed by atoms with Crippen LogP contribution in [0.25, 0.3) is 0 Å². The summed E-state index contributed by atoms with van der Waals surface area (Å²) in [5.74, 6) is -7.86. The zero-order chi connectivity index (χ0) is 36.0. The van der Waals surface area contributed by atoms with E-state index < -0.39 is 36.4 Å². The van der Waals surface area contributed by atoms with Crippen molar-refractivity contribution in [1.29, 1.82) is 0 Å². The number of aliphatic carboxylic acids is 3. The van der Waals surface area contributed by atoms with E-state index in [0.717, 1.165) is 57.9 Å². The number of piperidine rings is 1. The molecule has 0 bridgehead atoms. The van der Waals surface area contributed by atoms with Crippen molar-refractivity contribution in [3.05, 3.63) is 65.7 Å². The predicted octanol–water partition coefficient (Wildman–Crippen LogP) is 4.84. The molecule has 1 aromatic heterocycles. The second-order valence-corrected chi connectivity index (χ2v) is 9.82. The molecule has 0 aliphatic carbocycles. The van der Waals surface area contributed by atoms with Gasteiger partial charge in [0.05, 0.1) is 12.7 Å². The maximum atomic E-state index is 13.1. The van der Waals surface area contributed by atoms with Crippen molar-refractivity contribution < 1.29 is 78.3 Å². The van der Waals surface area contributed by atoms with Gasteiger partial charge >= 0.3 is 36.4 Å². The fourth-order valence-corrected chi connectivity index (χ4v) is 4.07. The third-order valence-electron chi connectivity index (χ3n) is 6.19. The van der Waals surface area contributed by atoms with Gasteiger partial charge in [-0.1, -0.05) is 18.2 Å². The fourth-order valence-electron chi connectivity index (χ4n) is 4.07. The Kier molecular flexibility index (Phi) is 16.0. The Morgan fingerprint density at radius 1 is 0.745 bits per heavy atom. The van der Waals surface area contributed by atoms with E-state index in [1.807, 2.05) is 30.6 Å². The van der Waals surface area contributed by atoms with Crippen LogP contribution < -0.4 is 0 Å². The molecule has 0 saturated carbocycles. The highest BCUT2D eigenvalue weighted by atomic mass is 19.4. The molecule has 3 N–H and O–H groups in total. The van der Waals surface area contributed by atoms with E-state index in [1.165, 1.54) is 5.56 Å². The molecule has 1 aromatic carbocycles. The van der Waals surface area contributed by atoms with Crippen LogP contribution in [-0.2, 0) is 32.2 Å². The van der Waals surface area contributed by atoms with Gasteiger partial charge in [-0.05, 0) is 42.3 Å². The molecule has 3 heterocycles. The largest absolute Gasteiger partial charge is 0.490 e. The van der Waals surface area contributed by atoms with Crippen molar-refractivity contribution >= 4 is 17.9 Å². The average molecular weight is 698 g/mol. The molecule has 2 aromatic rings. The summed E-state index contributed by atoms with van der Waals surface area (Å²) in [5, 5.41) is 21.4. The van der Waals surface area contributed by atoms with Crippen LogP contribution in [0.4, 0.5) is 43.9 Å². The van der Waals surface area contributed by atoms with Gasteiger partial charge in [0, 0.05) is 51.0 Å². The van der Waals surface area contributed by atoms with Crippen LogP contribution >= 0.6 is 0 Å². The zero-order valence-electron chi connectivity index (χ0n) is 24.0. The van der Waals surface area contributed by atoms with E-state index in [9.17, 15) is 43.9 Å². The van der Waals surface area contributed by atoms with E-state index in [-0.39, 0.29) is 5.82 Å². The Labute approximate surface area is 260 Å². The smallest absolute Gasteiger partial charge is 0.475 e. The molecule has 264 valence electrons. The predicted molar refractivity (Wildman–Crippen MR) is 140 cm³/mol. The standard InChI is InChI=1S/C21H26FN3O.3C2HF3O2/c22-20-5-3-17(4-6-20)13-24-9-7-19-15-25(10-11-26-21(19)16-24)14-18-2-1-8-23-12-18;3*3-2(4,5)1(6)7/h1-6,8,12,19,21H,7,9-11,13-16H2;3*(H,6,7)/t19-,21-;;;/m1.../s1. The average Bonchev–Trinajstić information content (AvgIpc) is 3.15. The van der Waals surface area contributed by atoms with Crippen molar-refractivity contribution in [1.82, 2.24) is 14.8 Å². The fraction of sp³-hybridized carbons (Fsp3) is 0.481. The number of pyridine rings is 1. The van der Waals surface area contributed by atoms with E-state index in [1.54, 1.807) is 12.1 Å². The lowest BCUT2D eigenvalue weighted by Gasteiger charge is -2.38. The Hall–Kier alpha value is -4.04. The minimum atomic E-state index is -5.08. The first-order valence-electron chi connectivity index (χ1n) is 13.2. The van der Waals surface area contributed by atoms with E-state index >= 15 is 0 Å². The lowest BCUT2D eigenvalue weighted by atomic mass is 9.93. The molecule has 2 saturated heterocycles. The van der Waals surface area contributed by atoms with Crippen molar-refractivity contribution in [2.24, 2.45) is 5.92 Å². The molecule has 0 amide bonds. The minimum absolute atomic E-state index is 0.173. The molecule has 20 heteroatoms. The molecule has 2 aliphatic rings. The number of fused-ring (bicyclic) bond motifs is 1. The van der Waals surface area contributed by atoms with Crippen LogP contribution in [0.15, 0.2) is 48.8 Å². The molecule has 47 heavy (non-hydrogen) atoms. The summed E-state index contributed by atoms with van der Waals surface area (Å²) in [6, 6.07) is 11.0. The lowest BCUT2D eigenvalue weighted by Crippen LogP contribution is -2.46. The van der Waals surface area contributed by atoms with Gasteiger partial charge in [0.1, 0.15) is 5.82 Å². The number of nitrogens with zero attached hydrogens (tertiary/aromatic N) is 3. The molecule has 2 atom stereocenters. The summed E-state index contributed by atoms with van der Waals surface area (Å²) in [6.45, 7) is 6.69. The zero-order valence-corrected chi connectivity index (χ0v) is 24.0. The Balaban J connectivity index is 0.000000430. The summed E-state index contributed by atoms with van der Waals surface area (Å²) in [7, 11) is 0. The molecule has 4 rings (SSSR count). The maximum absolute atomic E-state index is 13.1. The molecule has 2 aliphatic heterocycles. The highest BCUT2D eigenvalue weighted by Gasteiger charge is 2.39. The summed E-state index contributed by atoms with van der Waals surface area (Å²) in [5.41, 5.74) is 2.43. The lowest BCUT2D eigenvalue weighted by molar-refractivity contribution is -0.193. The van der Waals surface area contributed by atoms with E-state index in [0.29, 0.717) is 12.0 Å². The monoisotopic (exact) mass is 697 g/mol. The van der Waals surface area contributed by atoms with Gasteiger partial charge in [-0.3, -0.25) is 14.8 Å². The number of aromatic nitrogens is 1. The number of carboxylic acid groups (broad SMARTS) is 3. The number of likely N-dealkylation sites (tertiary alicyclic amines) is 1. The Morgan fingerprint density at radius 3 is 1.66 bits per heavy atom. The molecule has 10 nitrogen and oxygen atoms in total. The van der Waals surface area contributed by atoms with Gasteiger partial charge in [-0.25, -0.2) is 18.8 Å². The van der Waals surface area contributed by atoms with Gasteiger partial charge in [0.25, 0.3) is 0 Å². The molecule has 0 spiro atoms. The number of benzene rings is 1. The topological polar surface area (TPSA) is 140 Å². The van der Waals surface area contributed by atoms with Crippen molar-refractivity contribution in [3.8, 4) is 0 Å². The Bertz CT molecular complexity index is 1200. The summed E-state index contributed by atoms with van der Waals surface area (Å²) < 4.78 is 114. The van der Waals surface area contributed by atoms with Gasteiger partial charge in [0.2, 0.25) is 0 Å². The summed E-state index contributed by atoms with van der Waals surface area (Å²) in [4.78, 5) is 35.8. The number of rotatable bonds is 4. The molecule has 0 radical (unpaired) electrons. The third-order valence-corrected chi connectivity index (χ3v) is 6.19. The second-order valence-electron chi connectivity index (χ2n) is 9.82. The number of halogens is 10. The first-order chi connectivity index (χ1) is 21.6. The normalized spacial score (nSPS) is 18.8. The van der Waals surface area contributed by atoms with Crippen LogP contribution in [0, 0.1) is 11.7 Å². The summed E-state index contributed by atoms with van der Waals surface area (Å²) >= 11 is 0. The van der Waals surface area contributed by atoms with Gasteiger partial charge in [-0.2, -0.15) is 39.5 Å². The highest BCUT2D eigenvalue weighted by molar-refractivity contribution is 5.73. The number of carboxylic acids is 3. The van der Waals surface area contributed by atoms with Crippen LogP contribution in [0.3, 0.4) is 0 Å². The number of ether oxygens (including phenoxy) is 1. The first kappa shape index (κ1) is 41.0. The van der Waals surface area contributed by atoms with Crippen molar-refractivity contribution in [2.75, 3.05) is 32.8 Å². The highest BCUT2D eigenvalue weighted by Crippen LogP contribution is 2.26. The first-order valence-corrected chi connectivity index (χ1v) is 13.2. The Morgan fingerprint density at radius 2 is 1.21 bits per heavy atom. The SMILES string of the molecule is Fc1ccc(CN2CC[C@@H]3CN(Cc4cccnc4)CCO[C@@H]3C2)cc1.O=C(O)C(F)(F)F.O=C(O)C(F)(F)F.O=C(O)C(F)(F)F. The van der Waals surface area contributed by atoms with E-state index in [4.69, 9.17) is 34.4 Å². The number of alkyl halides is 9. The maximum Gasteiger partial charge on any atom is 0.490 e. The van der Waals surface area contributed by atoms with E-state index in [2.05, 4.69) is 20.9 Å². The molecule has 0 unspecified atom stereocenters. The molecular weight excluding hydrogens is 668 g/mol. The minimum Gasteiger partial charge on any atom is -0.475 e.